The molecule has 3 rings (SSSR count). The molecule has 0 unspecified atom stereocenters. The molecular weight excluding hydrogens is 234 g/mol. The van der Waals surface area contributed by atoms with Gasteiger partial charge in [0.2, 0.25) is 0 Å². The van der Waals surface area contributed by atoms with E-state index in [1.165, 1.54) is 0 Å². The number of nitrogens with two attached hydrogens (primary N) is 1. The smallest absolute Gasteiger partial charge is 0.138 e. The molecule has 0 saturated carbocycles. The third-order valence-electron chi connectivity index (χ3n) is 3.40. The van der Waals surface area contributed by atoms with Crippen molar-refractivity contribution < 1.29 is 4.42 Å². The summed E-state index contributed by atoms with van der Waals surface area (Å²) in [7, 11) is 0. The molecule has 2 N–H and O–H groups in total. The van der Waals surface area contributed by atoms with Crippen molar-refractivity contribution in [1.29, 1.82) is 0 Å². The van der Waals surface area contributed by atoms with Crippen LogP contribution >= 0.6 is 0 Å². The molecule has 1 heterocycles. The molecule has 0 aliphatic rings. The second-order valence-electron chi connectivity index (χ2n) is 4.62. The van der Waals surface area contributed by atoms with Crippen LogP contribution in [-0.2, 0) is 0 Å². The largest absolute Gasteiger partial charge is 0.456 e. The third-order valence-corrected chi connectivity index (χ3v) is 3.40. The highest BCUT2D eigenvalue weighted by Gasteiger charge is 2.15. The first-order chi connectivity index (χ1) is 9.18. The van der Waals surface area contributed by atoms with Gasteiger partial charge in [-0.1, -0.05) is 43.0 Å². The number of furan rings is 1. The van der Waals surface area contributed by atoms with Gasteiger partial charge in [-0.25, -0.2) is 0 Å². The van der Waals surface area contributed by atoms with Crippen molar-refractivity contribution in [3.63, 3.8) is 0 Å². The summed E-state index contributed by atoms with van der Waals surface area (Å²) < 4.78 is 5.91. The van der Waals surface area contributed by atoms with Gasteiger partial charge in [-0.3, -0.25) is 0 Å². The van der Waals surface area contributed by atoms with E-state index in [4.69, 9.17) is 10.2 Å². The Kier molecular flexibility index (Phi) is 2.64. The molecular formula is C17H15NO. The highest BCUT2D eigenvalue weighted by Crippen LogP contribution is 2.34. The second-order valence-corrected chi connectivity index (χ2v) is 4.62. The van der Waals surface area contributed by atoms with Gasteiger partial charge in [0.05, 0.1) is 0 Å². The number of nitrogen functional groups attached to an aromatic ring is 1. The van der Waals surface area contributed by atoms with Crippen molar-refractivity contribution in [2.45, 2.75) is 6.92 Å². The highest BCUT2D eigenvalue weighted by atomic mass is 16.3. The Hall–Kier alpha value is -2.48. The van der Waals surface area contributed by atoms with Gasteiger partial charge in [0, 0.05) is 27.8 Å². The molecule has 0 aliphatic carbocycles. The van der Waals surface area contributed by atoms with Crippen molar-refractivity contribution >= 4 is 22.2 Å². The summed E-state index contributed by atoms with van der Waals surface area (Å²) >= 11 is 0. The SMILES string of the molecule is C=C(c1ccccc1N)c1oc2ccccc2c1C. The summed E-state index contributed by atoms with van der Waals surface area (Å²) in [5, 5.41) is 1.12. The first kappa shape index (κ1) is 11.6. The van der Waals surface area contributed by atoms with Crippen molar-refractivity contribution in [3.05, 3.63) is 72.0 Å². The fourth-order valence-corrected chi connectivity index (χ4v) is 2.36. The number of benzene rings is 2. The molecule has 0 saturated heterocycles. The average Bonchev–Trinajstić information content (AvgIpc) is 2.77. The lowest BCUT2D eigenvalue weighted by Crippen LogP contribution is -1.94. The number of rotatable bonds is 2. The molecule has 0 fully saturated rings. The molecule has 94 valence electrons. The van der Waals surface area contributed by atoms with Gasteiger partial charge in [-0.2, -0.15) is 0 Å². The van der Waals surface area contributed by atoms with Crippen molar-refractivity contribution in [3.8, 4) is 0 Å². The first-order valence-corrected chi connectivity index (χ1v) is 6.21. The van der Waals surface area contributed by atoms with Gasteiger partial charge in [0.1, 0.15) is 11.3 Å². The fraction of sp³-hybridized carbons (Fsp3) is 0.0588. The number of fused-ring (bicyclic) bond motifs is 1. The maximum atomic E-state index is 6.00. The van der Waals surface area contributed by atoms with E-state index < -0.39 is 0 Å². The lowest BCUT2D eigenvalue weighted by Gasteiger charge is -2.07. The molecule has 2 aromatic carbocycles. The van der Waals surface area contributed by atoms with E-state index in [0.29, 0.717) is 5.69 Å². The van der Waals surface area contributed by atoms with Gasteiger partial charge in [-0.15, -0.1) is 0 Å². The van der Waals surface area contributed by atoms with Crippen LogP contribution < -0.4 is 5.73 Å². The quantitative estimate of drug-likeness (QED) is 0.684. The summed E-state index contributed by atoms with van der Waals surface area (Å²) in [4.78, 5) is 0. The Balaban J connectivity index is 2.17. The summed E-state index contributed by atoms with van der Waals surface area (Å²) in [6.07, 6.45) is 0. The Bertz CT molecular complexity index is 768. The summed E-state index contributed by atoms with van der Waals surface area (Å²) in [6.45, 7) is 6.19. The van der Waals surface area contributed by atoms with E-state index in [0.717, 1.165) is 33.4 Å². The van der Waals surface area contributed by atoms with Crippen LogP contribution in [0.4, 0.5) is 5.69 Å². The zero-order valence-corrected chi connectivity index (χ0v) is 10.8. The number of hydrogen-bond acceptors (Lipinski definition) is 2. The molecule has 2 nitrogen and oxygen atoms in total. The zero-order chi connectivity index (χ0) is 13.4. The normalized spacial score (nSPS) is 10.8. The van der Waals surface area contributed by atoms with E-state index >= 15 is 0 Å². The summed E-state index contributed by atoms with van der Waals surface area (Å²) in [5.41, 5.74) is 10.4. The minimum Gasteiger partial charge on any atom is -0.456 e. The minimum absolute atomic E-state index is 0.715. The average molecular weight is 249 g/mol. The Morgan fingerprint density at radius 2 is 1.74 bits per heavy atom. The van der Waals surface area contributed by atoms with Gasteiger partial charge in [0.15, 0.2) is 0 Å². The van der Waals surface area contributed by atoms with Crippen LogP contribution in [-0.4, -0.2) is 0 Å². The van der Waals surface area contributed by atoms with Crippen molar-refractivity contribution in [2.24, 2.45) is 0 Å². The predicted molar refractivity (Wildman–Crippen MR) is 79.9 cm³/mol. The maximum absolute atomic E-state index is 6.00. The monoisotopic (exact) mass is 249 g/mol. The third kappa shape index (κ3) is 1.82. The van der Waals surface area contributed by atoms with Gasteiger partial charge >= 0.3 is 0 Å². The number of aryl methyl sites for hydroxylation is 1. The van der Waals surface area contributed by atoms with Crippen molar-refractivity contribution in [2.75, 3.05) is 5.73 Å². The Morgan fingerprint density at radius 1 is 1.05 bits per heavy atom. The van der Waals surface area contributed by atoms with E-state index in [9.17, 15) is 0 Å². The molecule has 0 radical (unpaired) electrons. The molecule has 0 bridgehead atoms. The predicted octanol–water partition coefficient (Wildman–Crippen LogP) is 4.38. The van der Waals surface area contributed by atoms with Crippen LogP contribution in [0, 0.1) is 6.92 Å². The van der Waals surface area contributed by atoms with Gasteiger partial charge in [0.25, 0.3) is 0 Å². The van der Waals surface area contributed by atoms with Crippen LogP contribution in [0.1, 0.15) is 16.9 Å². The molecule has 0 spiro atoms. The minimum atomic E-state index is 0.715. The molecule has 1 aromatic heterocycles. The lowest BCUT2D eigenvalue weighted by molar-refractivity contribution is 0.597. The molecule has 0 aliphatic heterocycles. The Morgan fingerprint density at radius 3 is 2.47 bits per heavy atom. The first-order valence-electron chi connectivity index (χ1n) is 6.21. The maximum Gasteiger partial charge on any atom is 0.138 e. The zero-order valence-electron chi connectivity index (χ0n) is 10.8. The van der Waals surface area contributed by atoms with Crippen LogP contribution in [0.3, 0.4) is 0 Å². The molecule has 3 aromatic rings. The molecule has 0 amide bonds. The van der Waals surface area contributed by atoms with Crippen LogP contribution in [0.5, 0.6) is 0 Å². The highest BCUT2D eigenvalue weighted by molar-refractivity contribution is 5.91. The number of para-hydroxylation sites is 2. The van der Waals surface area contributed by atoms with Crippen LogP contribution in [0.15, 0.2) is 59.5 Å². The fourth-order valence-electron chi connectivity index (χ4n) is 2.36. The van der Waals surface area contributed by atoms with Crippen LogP contribution in [0.25, 0.3) is 16.5 Å². The van der Waals surface area contributed by atoms with Gasteiger partial charge in [-0.05, 0) is 19.1 Å². The molecule has 2 heteroatoms. The molecule has 19 heavy (non-hydrogen) atoms. The summed E-state index contributed by atoms with van der Waals surface area (Å²) in [6, 6.07) is 15.7. The van der Waals surface area contributed by atoms with Crippen LogP contribution in [0.2, 0.25) is 0 Å². The van der Waals surface area contributed by atoms with E-state index in [1.54, 1.807) is 0 Å². The summed E-state index contributed by atoms with van der Waals surface area (Å²) in [5.74, 6) is 0.805. The number of anilines is 1. The van der Waals surface area contributed by atoms with E-state index in [1.807, 2.05) is 49.4 Å². The van der Waals surface area contributed by atoms with Crippen molar-refractivity contribution in [1.82, 2.24) is 0 Å². The Labute approximate surface area is 112 Å². The standard InChI is InChI=1S/C17H15NO/c1-11(13-7-3-5-9-15(13)18)17-12(2)14-8-4-6-10-16(14)19-17/h3-10H,1,18H2,2H3. The topological polar surface area (TPSA) is 39.2 Å². The molecule has 0 atom stereocenters. The lowest BCUT2D eigenvalue weighted by atomic mass is 10.0. The number of hydrogen-bond donors (Lipinski definition) is 1. The van der Waals surface area contributed by atoms with Gasteiger partial charge < -0.3 is 10.2 Å². The second kappa shape index (κ2) is 4.32. The van der Waals surface area contributed by atoms with E-state index in [2.05, 4.69) is 12.6 Å². The van der Waals surface area contributed by atoms with E-state index in [-0.39, 0.29) is 0 Å².